The van der Waals surface area contributed by atoms with Gasteiger partial charge in [-0.2, -0.15) is 0 Å². The molecule has 3 rings (SSSR count). The van der Waals surface area contributed by atoms with Crippen molar-refractivity contribution in [2.75, 3.05) is 13.1 Å². The van der Waals surface area contributed by atoms with E-state index < -0.39 is 0 Å². The Kier molecular flexibility index (Phi) is 4.63. The Balaban J connectivity index is 1.88. The summed E-state index contributed by atoms with van der Waals surface area (Å²) in [6, 6.07) is 7.20. The summed E-state index contributed by atoms with van der Waals surface area (Å²) in [4.78, 5) is 14.6. The molecule has 0 unspecified atom stereocenters. The first kappa shape index (κ1) is 16.0. The molecule has 1 fully saturated rings. The molecule has 0 radical (unpaired) electrons. The maximum absolute atomic E-state index is 12.6. The van der Waals surface area contributed by atoms with E-state index in [9.17, 15) is 4.79 Å². The molecule has 1 aromatic heterocycles. The van der Waals surface area contributed by atoms with Gasteiger partial charge in [0.1, 0.15) is 17.0 Å². The summed E-state index contributed by atoms with van der Waals surface area (Å²) in [5.41, 5.74) is 1.44. The summed E-state index contributed by atoms with van der Waals surface area (Å²) in [5, 5.41) is 7.72. The van der Waals surface area contributed by atoms with Crippen molar-refractivity contribution in [3.63, 3.8) is 0 Å². The molecule has 0 saturated carbocycles. The molecule has 1 aliphatic heterocycles. The van der Waals surface area contributed by atoms with Crippen molar-refractivity contribution < 1.29 is 9.32 Å². The number of aryl methyl sites for hydroxylation is 1. The number of nitrogens with zero attached hydrogens (tertiary/aromatic N) is 2. The lowest BCUT2D eigenvalue weighted by Crippen LogP contribution is -2.41. The average molecular weight is 350 g/mol. The first-order valence-electron chi connectivity index (χ1n) is 7.39. The second kappa shape index (κ2) is 6.68. The van der Waals surface area contributed by atoms with Gasteiger partial charge in [-0.05, 0) is 38.0 Å². The molecule has 1 aromatic carbocycles. The number of nitrogens with one attached hydrogen (secondary N) is 1. The maximum Gasteiger partial charge on any atom is 0.263 e. The van der Waals surface area contributed by atoms with Crippen LogP contribution in [0.1, 0.15) is 29.0 Å². The average Bonchev–Trinajstić information content (AvgIpc) is 3.17. The Morgan fingerprint density at radius 1 is 1.35 bits per heavy atom. The number of thiocarbonyl (C=S) groups is 1. The Morgan fingerprint density at radius 3 is 2.74 bits per heavy atom. The van der Waals surface area contributed by atoms with Crippen LogP contribution in [0.25, 0.3) is 11.3 Å². The number of carbonyl (C=O) groups is 1. The van der Waals surface area contributed by atoms with Crippen LogP contribution in [0.5, 0.6) is 0 Å². The van der Waals surface area contributed by atoms with E-state index in [4.69, 9.17) is 28.3 Å². The molecule has 1 saturated heterocycles. The molecule has 1 aliphatic rings. The van der Waals surface area contributed by atoms with E-state index in [0.29, 0.717) is 32.7 Å². The van der Waals surface area contributed by atoms with Crippen LogP contribution in [0.2, 0.25) is 5.02 Å². The van der Waals surface area contributed by atoms with Crippen LogP contribution in [0.3, 0.4) is 0 Å². The second-order valence-electron chi connectivity index (χ2n) is 5.40. The van der Waals surface area contributed by atoms with E-state index in [2.05, 4.69) is 10.5 Å². The minimum atomic E-state index is -0.324. The van der Waals surface area contributed by atoms with Crippen LogP contribution in [0.15, 0.2) is 28.8 Å². The van der Waals surface area contributed by atoms with Gasteiger partial charge in [-0.1, -0.05) is 35.0 Å². The highest BCUT2D eigenvalue weighted by atomic mass is 35.5. The van der Waals surface area contributed by atoms with Crippen molar-refractivity contribution in [2.45, 2.75) is 19.8 Å². The number of aromatic nitrogens is 1. The van der Waals surface area contributed by atoms with E-state index in [1.165, 1.54) is 0 Å². The molecule has 0 aliphatic carbocycles. The molecule has 2 aromatic rings. The zero-order valence-corrected chi connectivity index (χ0v) is 14.2. The zero-order chi connectivity index (χ0) is 16.4. The van der Waals surface area contributed by atoms with Crippen molar-refractivity contribution in [3.05, 3.63) is 40.6 Å². The van der Waals surface area contributed by atoms with Gasteiger partial charge in [0.2, 0.25) is 0 Å². The third-order valence-electron chi connectivity index (χ3n) is 3.83. The summed E-state index contributed by atoms with van der Waals surface area (Å²) in [6.07, 6.45) is 2.18. The van der Waals surface area contributed by atoms with E-state index in [0.717, 1.165) is 25.9 Å². The number of rotatable bonds is 2. The smallest absolute Gasteiger partial charge is 0.263 e. The van der Waals surface area contributed by atoms with Gasteiger partial charge in [0.25, 0.3) is 5.91 Å². The SMILES string of the molecule is Cc1onc(-c2ccccc2Cl)c1C(=O)NC(=S)N1CCCC1. The van der Waals surface area contributed by atoms with Crippen molar-refractivity contribution in [1.82, 2.24) is 15.4 Å². The molecule has 0 spiro atoms. The number of benzene rings is 1. The summed E-state index contributed by atoms with van der Waals surface area (Å²) in [5.74, 6) is 0.109. The van der Waals surface area contributed by atoms with Crippen LogP contribution >= 0.6 is 23.8 Å². The minimum Gasteiger partial charge on any atom is -0.360 e. The highest BCUT2D eigenvalue weighted by Gasteiger charge is 2.25. The summed E-state index contributed by atoms with van der Waals surface area (Å²) >= 11 is 11.5. The van der Waals surface area contributed by atoms with Crippen molar-refractivity contribution >= 4 is 34.8 Å². The second-order valence-corrected chi connectivity index (χ2v) is 6.19. The molecule has 1 amide bonds. The molecule has 0 bridgehead atoms. The maximum atomic E-state index is 12.6. The number of hydrogen-bond acceptors (Lipinski definition) is 4. The Morgan fingerprint density at radius 2 is 2.04 bits per heavy atom. The monoisotopic (exact) mass is 349 g/mol. The van der Waals surface area contributed by atoms with Crippen LogP contribution in [-0.2, 0) is 0 Å². The van der Waals surface area contributed by atoms with Gasteiger partial charge in [0.05, 0.1) is 5.02 Å². The van der Waals surface area contributed by atoms with Crippen LogP contribution in [0, 0.1) is 6.92 Å². The van der Waals surface area contributed by atoms with Crippen LogP contribution in [0.4, 0.5) is 0 Å². The van der Waals surface area contributed by atoms with Crippen LogP contribution < -0.4 is 5.32 Å². The van der Waals surface area contributed by atoms with Gasteiger partial charge >= 0.3 is 0 Å². The quantitative estimate of drug-likeness (QED) is 0.842. The van der Waals surface area contributed by atoms with Gasteiger partial charge in [-0.15, -0.1) is 0 Å². The Labute approximate surface area is 144 Å². The number of carbonyl (C=O) groups excluding carboxylic acids is 1. The molecule has 5 nitrogen and oxygen atoms in total. The van der Waals surface area contributed by atoms with E-state index in [-0.39, 0.29) is 5.91 Å². The Hall–Kier alpha value is -1.92. The first-order valence-corrected chi connectivity index (χ1v) is 8.18. The standard InChI is InChI=1S/C16H16ClN3O2S/c1-10-13(15(21)18-16(23)20-8-4-5-9-20)14(19-22-10)11-6-2-3-7-12(11)17/h2-3,6-7H,4-5,8-9H2,1H3,(H,18,21,23). The number of amides is 1. The van der Waals surface area contributed by atoms with Gasteiger partial charge < -0.3 is 9.42 Å². The summed E-state index contributed by atoms with van der Waals surface area (Å²) in [6.45, 7) is 3.44. The lowest BCUT2D eigenvalue weighted by atomic mass is 10.1. The third kappa shape index (κ3) is 3.23. The lowest BCUT2D eigenvalue weighted by molar-refractivity contribution is 0.0973. The normalized spacial score (nSPS) is 14.1. The minimum absolute atomic E-state index is 0.324. The predicted molar refractivity (Wildman–Crippen MR) is 92.6 cm³/mol. The van der Waals surface area contributed by atoms with Gasteiger partial charge in [-0.3, -0.25) is 10.1 Å². The van der Waals surface area contributed by atoms with E-state index >= 15 is 0 Å². The summed E-state index contributed by atoms with van der Waals surface area (Å²) < 4.78 is 5.21. The lowest BCUT2D eigenvalue weighted by Gasteiger charge is -2.18. The fraction of sp³-hybridized carbons (Fsp3) is 0.312. The molecular weight excluding hydrogens is 334 g/mol. The topological polar surface area (TPSA) is 58.4 Å². The third-order valence-corrected chi connectivity index (χ3v) is 4.52. The highest BCUT2D eigenvalue weighted by Crippen LogP contribution is 2.30. The zero-order valence-electron chi connectivity index (χ0n) is 12.6. The van der Waals surface area contributed by atoms with E-state index in [1.807, 2.05) is 17.0 Å². The molecule has 0 atom stereocenters. The van der Waals surface area contributed by atoms with E-state index in [1.54, 1.807) is 19.1 Å². The highest BCUT2D eigenvalue weighted by molar-refractivity contribution is 7.80. The largest absolute Gasteiger partial charge is 0.360 e. The number of halogens is 1. The number of likely N-dealkylation sites (tertiary alicyclic amines) is 1. The molecule has 23 heavy (non-hydrogen) atoms. The van der Waals surface area contributed by atoms with Crippen molar-refractivity contribution in [3.8, 4) is 11.3 Å². The molecule has 7 heteroatoms. The van der Waals surface area contributed by atoms with Gasteiger partial charge in [0, 0.05) is 18.7 Å². The first-order chi connectivity index (χ1) is 11.1. The Bertz CT molecular complexity index is 754. The molecular formula is C16H16ClN3O2S. The fourth-order valence-corrected chi connectivity index (χ4v) is 3.14. The number of hydrogen-bond donors (Lipinski definition) is 1. The fourth-order valence-electron chi connectivity index (χ4n) is 2.64. The van der Waals surface area contributed by atoms with Crippen LogP contribution in [-0.4, -0.2) is 34.2 Å². The van der Waals surface area contributed by atoms with Crippen molar-refractivity contribution in [1.29, 1.82) is 0 Å². The van der Waals surface area contributed by atoms with Crippen molar-refractivity contribution in [2.24, 2.45) is 0 Å². The summed E-state index contributed by atoms with van der Waals surface area (Å²) in [7, 11) is 0. The molecule has 2 heterocycles. The predicted octanol–water partition coefficient (Wildman–Crippen LogP) is 3.41. The molecule has 1 N–H and O–H groups in total. The van der Waals surface area contributed by atoms with Gasteiger partial charge in [-0.25, -0.2) is 0 Å². The van der Waals surface area contributed by atoms with Gasteiger partial charge in [0.15, 0.2) is 5.11 Å². The molecule has 120 valence electrons.